The van der Waals surface area contributed by atoms with Gasteiger partial charge in [-0.25, -0.2) is 4.57 Å². The predicted molar refractivity (Wildman–Crippen MR) is 263 cm³/mol. The Morgan fingerprint density at radius 1 is 0.541 bits per heavy atom. The maximum Gasteiger partial charge on any atom is 0.472 e. The first-order chi connectivity index (χ1) is 29.5. The second-order valence-electron chi connectivity index (χ2n) is 19.6. The normalized spacial score (nSPS) is 14.1. The van der Waals surface area contributed by atoms with Crippen LogP contribution in [0.15, 0.2) is 12.2 Å². The molecule has 0 heterocycles. The van der Waals surface area contributed by atoms with Crippen molar-refractivity contribution in [3.05, 3.63) is 12.2 Å². The quantitative estimate of drug-likeness (QED) is 0.0243. The molecule has 0 aliphatic carbocycles. The van der Waals surface area contributed by atoms with E-state index in [1.807, 2.05) is 27.2 Å². The average Bonchev–Trinajstić information content (AvgIpc) is 3.21. The Morgan fingerprint density at radius 2 is 0.869 bits per heavy atom. The predicted octanol–water partition coefficient (Wildman–Crippen LogP) is 15.5. The Balaban J connectivity index is 4.26. The van der Waals surface area contributed by atoms with Gasteiger partial charge in [0.2, 0.25) is 5.91 Å². The van der Waals surface area contributed by atoms with E-state index < -0.39 is 20.0 Å². The van der Waals surface area contributed by atoms with Crippen LogP contribution in [-0.4, -0.2) is 73.4 Å². The maximum absolute atomic E-state index is 12.9. The number of carbonyl (C=O) groups excluding carboxylic acids is 1. The van der Waals surface area contributed by atoms with Crippen LogP contribution in [0.4, 0.5) is 0 Å². The van der Waals surface area contributed by atoms with Crippen LogP contribution < -0.4 is 5.32 Å². The number of hydrogen-bond acceptors (Lipinski definition) is 5. The molecule has 3 N–H and O–H groups in total. The molecule has 0 radical (unpaired) electrons. The lowest BCUT2D eigenvalue weighted by Crippen LogP contribution is -2.45. The Hall–Kier alpha value is -0.760. The number of amides is 1. The van der Waals surface area contributed by atoms with E-state index in [1.165, 1.54) is 212 Å². The third-order valence-corrected chi connectivity index (χ3v) is 13.2. The average molecular weight is 886 g/mol. The van der Waals surface area contributed by atoms with Gasteiger partial charge >= 0.3 is 7.82 Å². The second kappa shape index (κ2) is 44.4. The fourth-order valence-corrected chi connectivity index (χ4v) is 8.78. The first-order valence-corrected chi connectivity index (χ1v) is 28.1. The van der Waals surface area contributed by atoms with E-state index in [2.05, 4.69) is 19.2 Å². The van der Waals surface area contributed by atoms with Gasteiger partial charge in [-0.1, -0.05) is 251 Å². The van der Waals surface area contributed by atoms with Gasteiger partial charge in [-0.3, -0.25) is 13.8 Å². The van der Waals surface area contributed by atoms with E-state index in [-0.39, 0.29) is 19.1 Å². The zero-order valence-electron chi connectivity index (χ0n) is 41.4. The molecule has 3 atom stereocenters. The van der Waals surface area contributed by atoms with Crippen molar-refractivity contribution >= 4 is 13.7 Å². The molecule has 8 nitrogen and oxygen atoms in total. The molecule has 61 heavy (non-hydrogen) atoms. The fourth-order valence-electron chi connectivity index (χ4n) is 8.04. The molecule has 0 bridgehead atoms. The Bertz CT molecular complexity index is 1000. The third-order valence-electron chi connectivity index (χ3n) is 12.3. The van der Waals surface area contributed by atoms with E-state index in [9.17, 15) is 19.4 Å². The Kier molecular flexibility index (Phi) is 43.9. The van der Waals surface area contributed by atoms with Crippen molar-refractivity contribution in [2.75, 3.05) is 40.9 Å². The molecule has 0 saturated heterocycles. The molecule has 0 spiro atoms. The largest absolute Gasteiger partial charge is 0.472 e. The number of allylic oxidation sites excluding steroid dienone is 1. The van der Waals surface area contributed by atoms with Crippen LogP contribution >= 0.6 is 7.82 Å². The summed E-state index contributed by atoms with van der Waals surface area (Å²) in [5, 5.41) is 13.9. The fraction of sp³-hybridized carbons (Fsp3) is 0.942. The molecule has 0 aliphatic rings. The number of aliphatic hydroxyl groups is 1. The van der Waals surface area contributed by atoms with Crippen molar-refractivity contribution in [2.45, 2.75) is 276 Å². The molecule has 9 heteroatoms. The number of quaternary nitrogens is 1. The van der Waals surface area contributed by atoms with Crippen LogP contribution in [0, 0.1) is 0 Å². The number of hydrogen-bond donors (Lipinski definition) is 3. The minimum Gasteiger partial charge on any atom is -0.387 e. The van der Waals surface area contributed by atoms with Gasteiger partial charge in [-0.2, -0.15) is 0 Å². The van der Waals surface area contributed by atoms with Crippen molar-refractivity contribution in [3.8, 4) is 0 Å². The van der Waals surface area contributed by atoms with Crippen molar-refractivity contribution in [1.29, 1.82) is 0 Å². The van der Waals surface area contributed by atoms with Crippen LogP contribution in [0.1, 0.15) is 264 Å². The van der Waals surface area contributed by atoms with Gasteiger partial charge in [0.05, 0.1) is 39.9 Å². The Morgan fingerprint density at radius 3 is 1.21 bits per heavy atom. The smallest absolute Gasteiger partial charge is 0.387 e. The number of nitrogens with one attached hydrogen (secondary N) is 1. The van der Waals surface area contributed by atoms with Gasteiger partial charge in [0.25, 0.3) is 0 Å². The lowest BCUT2D eigenvalue weighted by Gasteiger charge is -2.25. The van der Waals surface area contributed by atoms with Crippen LogP contribution in [-0.2, 0) is 18.4 Å². The van der Waals surface area contributed by atoms with Crippen molar-refractivity contribution in [2.24, 2.45) is 0 Å². The Labute approximate surface area is 380 Å². The molecule has 0 aromatic heterocycles. The summed E-state index contributed by atoms with van der Waals surface area (Å²) in [6, 6.07) is -0.841. The topological polar surface area (TPSA) is 105 Å². The summed E-state index contributed by atoms with van der Waals surface area (Å²) in [5.41, 5.74) is 0. The maximum atomic E-state index is 12.9. The van der Waals surface area contributed by atoms with Crippen LogP contribution in [0.2, 0.25) is 0 Å². The summed E-state index contributed by atoms with van der Waals surface area (Å²) in [6.45, 7) is 4.86. The van der Waals surface area contributed by atoms with Crippen molar-refractivity contribution in [3.63, 3.8) is 0 Å². The summed E-state index contributed by atoms with van der Waals surface area (Å²) in [7, 11) is 1.59. The number of carbonyl (C=O) groups is 1. The van der Waals surface area contributed by atoms with Gasteiger partial charge in [0.1, 0.15) is 13.2 Å². The van der Waals surface area contributed by atoms with Crippen LogP contribution in [0.5, 0.6) is 0 Å². The minimum atomic E-state index is -4.34. The van der Waals surface area contributed by atoms with E-state index in [4.69, 9.17) is 9.05 Å². The highest BCUT2D eigenvalue weighted by molar-refractivity contribution is 7.47. The highest BCUT2D eigenvalue weighted by Crippen LogP contribution is 2.43. The van der Waals surface area contributed by atoms with Gasteiger partial charge in [-0.15, -0.1) is 0 Å². The zero-order valence-corrected chi connectivity index (χ0v) is 42.3. The molecule has 0 fully saturated rings. The molecule has 0 rings (SSSR count). The molecule has 1 amide bonds. The summed E-state index contributed by atoms with van der Waals surface area (Å²) in [4.78, 5) is 23.2. The number of phosphoric acid groups is 1. The lowest BCUT2D eigenvalue weighted by molar-refractivity contribution is -0.870. The number of nitrogens with zero attached hydrogens (tertiary/aromatic N) is 1. The van der Waals surface area contributed by atoms with Crippen molar-refractivity contribution < 1.29 is 32.9 Å². The molecule has 0 aromatic rings. The first kappa shape index (κ1) is 60.2. The van der Waals surface area contributed by atoms with Gasteiger partial charge < -0.3 is 19.8 Å². The summed E-state index contributed by atoms with van der Waals surface area (Å²) >= 11 is 0. The standard InChI is InChI=1S/C52H105N2O6P/c1-6-8-10-12-14-16-18-20-22-24-26-28-30-32-34-36-38-40-42-44-46-52(56)53-50(49-60-61(57,58)59-48-47-54(3,4)5)51(55)45-43-41-39-37-35-33-31-29-27-25-23-21-19-17-15-13-11-9-7-2/h43,45,50-51,55H,6-42,44,46-49H2,1-5H3,(H-,53,56,57,58)/p+1/b45-43+. The molecule has 0 aliphatic heterocycles. The highest BCUT2D eigenvalue weighted by atomic mass is 31.2. The summed E-state index contributed by atoms with van der Waals surface area (Å²) in [5.74, 6) is -0.171. The van der Waals surface area contributed by atoms with Gasteiger partial charge in [0, 0.05) is 6.42 Å². The van der Waals surface area contributed by atoms with Gasteiger partial charge in [0.15, 0.2) is 0 Å². The molecule has 364 valence electrons. The monoisotopic (exact) mass is 886 g/mol. The van der Waals surface area contributed by atoms with E-state index in [1.54, 1.807) is 6.08 Å². The minimum absolute atomic E-state index is 0.0650. The molecule has 0 saturated carbocycles. The SMILES string of the molecule is CCCCCCCCCCCCCCCCCCC/C=C/C(O)C(COP(=O)(O)OCC[N+](C)(C)C)NC(=O)CCCCCCCCCCCCCCCCCCCCCC. The summed E-state index contributed by atoms with van der Waals surface area (Å²) in [6.07, 6.45) is 52.9. The summed E-state index contributed by atoms with van der Waals surface area (Å²) < 4.78 is 23.7. The highest BCUT2D eigenvalue weighted by Gasteiger charge is 2.27. The number of rotatable bonds is 49. The number of phosphoric ester groups is 1. The number of likely N-dealkylation sites (N-methyl/N-ethyl adjacent to an activating group) is 1. The van der Waals surface area contributed by atoms with Crippen LogP contribution in [0.25, 0.3) is 0 Å². The zero-order chi connectivity index (χ0) is 45.0. The third kappa shape index (κ3) is 47.0. The molecular formula is C52H106N2O6P+. The molecule has 3 unspecified atom stereocenters. The number of unbranched alkanes of at least 4 members (excludes halogenated alkanes) is 36. The lowest BCUT2D eigenvalue weighted by atomic mass is 10.0. The molecule has 0 aromatic carbocycles. The van der Waals surface area contributed by atoms with Gasteiger partial charge in [-0.05, 0) is 19.3 Å². The van der Waals surface area contributed by atoms with E-state index in [0.29, 0.717) is 17.4 Å². The number of aliphatic hydroxyl groups excluding tert-OH is 1. The van der Waals surface area contributed by atoms with Crippen molar-refractivity contribution in [1.82, 2.24) is 5.32 Å². The molecular weight excluding hydrogens is 780 g/mol. The second-order valence-corrected chi connectivity index (χ2v) is 21.1. The van der Waals surface area contributed by atoms with Crippen LogP contribution in [0.3, 0.4) is 0 Å². The first-order valence-electron chi connectivity index (χ1n) is 26.6. The van der Waals surface area contributed by atoms with E-state index >= 15 is 0 Å². The van der Waals surface area contributed by atoms with E-state index in [0.717, 1.165) is 32.1 Å².